The van der Waals surface area contributed by atoms with Crippen LogP contribution in [0.25, 0.3) is 0 Å². The number of aromatic nitrogens is 2. The smallest absolute Gasteiger partial charge is 0.352 e. The first kappa shape index (κ1) is 18.8. The highest BCUT2D eigenvalue weighted by Crippen LogP contribution is 2.40. The van der Waals surface area contributed by atoms with Crippen molar-refractivity contribution in [2.75, 3.05) is 23.0 Å². The predicted octanol–water partition coefficient (Wildman–Crippen LogP) is -0.694. The van der Waals surface area contributed by atoms with E-state index in [0.29, 0.717) is 40.3 Å². The van der Waals surface area contributed by atoms with Gasteiger partial charge in [-0.15, -0.1) is 11.8 Å². The second-order valence-electron chi connectivity index (χ2n) is 6.04. The number of nitrogens with two attached hydrogens (primary N) is 3. The largest absolute Gasteiger partial charge is 0.477 e. The Morgan fingerprint density at radius 3 is 2.81 bits per heavy atom. The number of β-lactam (4-membered cyclic amide) rings is 1. The van der Waals surface area contributed by atoms with E-state index in [4.69, 9.17) is 17.2 Å². The van der Waals surface area contributed by atoms with Gasteiger partial charge in [0.05, 0.1) is 12.6 Å². The fourth-order valence-corrected chi connectivity index (χ4v) is 5.44. The number of nitrogen functional groups attached to an aromatic ring is 2. The second-order valence-corrected chi connectivity index (χ2v) is 8.09. The fourth-order valence-electron chi connectivity index (χ4n) is 3.02. The lowest BCUT2D eigenvalue weighted by atomic mass is 10.0. The number of fused-ring (bicyclic) bond motifs is 1. The van der Waals surface area contributed by atoms with Gasteiger partial charge in [0.15, 0.2) is 0 Å². The maximum absolute atomic E-state index is 12.0. The van der Waals surface area contributed by atoms with Crippen LogP contribution in [0.1, 0.15) is 12.5 Å². The minimum Gasteiger partial charge on any atom is -0.477 e. The zero-order chi connectivity index (χ0) is 19.2. The number of nitrogens with zero attached hydrogens (tertiary/aromatic N) is 3. The minimum absolute atomic E-state index is 0.0294. The highest BCUT2D eigenvalue weighted by atomic mass is 32.2. The number of hydrogen-bond donors (Lipinski definition) is 4. The summed E-state index contributed by atoms with van der Waals surface area (Å²) in [6.07, 6.45) is 0.674. The van der Waals surface area contributed by atoms with Gasteiger partial charge in [0.1, 0.15) is 17.1 Å². The van der Waals surface area contributed by atoms with Gasteiger partial charge in [-0.2, -0.15) is 0 Å². The molecule has 1 unspecified atom stereocenters. The van der Waals surface area contributed by atoms with E-state index in [9.17, 15) is 14.7 Å². The molecule has 140 valence electrons. The molecule has 1 fully saturated rings. The number of anilines is 2. The van der Waals surface area contributed by atoms with E-state index in [1.807, 2.05) is 6.92 Å². The standard InChI is InChI=1S/C15H20N6O3S2/c1-3-7-10(17)19-15(20(2)11(7)18)26-5-6-4-25-13-8(16)12(22)21(13)9(6)14(23)24/h8,13H,3-5,16H2,1-2H3,(H4,17,18,23,24)/p+1/t8?,13-/m1/s1. The molecule has 1 saturated heterocycles. The van der Waals surface area contributed by atoms with E-state index in [1.54, 1.807) is 11.6 Å². The van der Waals surface area contributed by atoms with Crippen molar-refractivity contribution in [2.45, 2.75) is 29.9 Å². The van der Waals surface area contributed by atoms with Crippen LogP contribution in [0.3, 0.4) is 0 Å². The van der Waals surface area contributed by atoms with Crippen molar-refractivity contribution in [3.8, 4) is 0 Å². The van der Waals surface area contributed by atoms with E-state index in [-0.39, 0.29) is 17.0 Å². The Morgan fingerprint density at radius 1 is 1.50 bits per heavy atom. The lowest BCUT2D eigenvalue weighted by molar-refractivity contribution is -0.699. The van der Waals surface area contributed by atoms with Crippen molar-refractivity contribution in [1.82, 2.24) is 9.88 Å². The first-order valence-corrected chi connectivity index (χ1v) is 10.0. The molecule has 2 aliphatic rings. The van der Waals surface area contributed by atoms with Gasteiger partial charge in [0.2, 0.25) is 17.5 Å². The Morgan fingerprint density at radius 2 is 2.19 bits per heavy atom. The molecular formula is C15H21N6O3S2+. The summed E-state index contributed by atoms with van der Waals surface area (Å²) < 4.78 is 1.74. The molecule has 3 rings (SSSR count). The van der Waals surface area contributed by atoms with Crippen LogP contribution >= 0.6 is 23.5 Å². The Bertz CT molecular complexity index is 828. The second kappa shape index (κ2) is 6.97. The molecule has 2 aliphatic heterocycles. The third kappa shape index (κ3) is 2.89. The summed E-state index contributed by atoms with van der Waals surface area (Å²) in [6.45, 7) is 1.95. The highest BCUT2D eigenvalue weighted by molar-refractivity contribution is 8.01. The van der Waals surface area contributed by atoms with Crippen molar-refractivity contribution >= 4 is 47.0 Å². The monoisotopic (exact) mass is 397 g/mol. The lowest BCUT2D eigenvalue weighted by Crippen LogP contribution is -2.68. The fraction of sp³-hybridized carbons (Fsp3) is 0.467. The number of aliphatic carboxylic acids is 1. The quantitative estimate of drug-likeness (QED) is 0.219. The summed E-state index contributed by atoms with van der Waals surface area (Å²) in [5.74, 6) is 0.302. The molecule has 7 N–H and O–H groups in total. The van der Waals surface area contributed by atoms with Crippen LogP contribution in [-0.2, 0) is 23.1 Å². The van der Waals surface area contributed by atoms with Crippen molar-refractivity contribution < 1.29 is 19.3 Å². The third-order valence-electron chi connectivity index (χ3n) is 4.50. The predicted molar refractivity (Wildman–Crippen MR) is 100 cm³/mol. The van der Waals surface area contributed by atoms with Crippen molar-refractivity contribution in [2.24, 2.45) is 12.8 Å². The average molecular weight is 398 g/mol. The number of thioether (sulfide) groups is 2. The molecule has 2 atom stereocenters. The molecule has 0 aliphatic carbocycles. The van der Waals surface area contributed by atoms with Crippen LogP contribution in [0.2, 0.25) is 0 Å². The molecule has 26 heavy (non-hydrogen) atoms. The average Bonchev–Trinajstić information content (AvgIpc) is 2.62. The topological polar surface area (TPSA) is 152 Å². The minimum atomic E-state index is -1.12. The molecule has 1 aromatic rings. The molecule has 0 aromatic carbocycles. The summed E-state index contributed by atoms with van der Waals surface area (Å²) in [6, 6.07) is -0.635. The van der Waals surface area contributed by atoms with Gasteiger partial charge in [-0.1, -0.05) is 11.9 Å². The van der Waals surface area contributed by atoms with E-state index in [0.717, 1.165) is 5.56 Å². The Hall–Kier alpha value is -1.98. The molecule has 1 aromatic heterocycles. The maximum Gasteiger partial charge on any atom is 0.352 e. The number of rotatable bonds is 5. The van der Waals surface area contributed by atoms with Gasteiger partial charge < -0.3 is 22.3 Å². The normalized spacial score (nSPS) is 22.3. The number of carboxylic acids is 1. The molecule has 0 radical (unpaired) electrons. The summed E-state index contributed by atoms with van der Waals surface area (Å²) in [7, 11) is 1.79. The summed E-state index contributed by atoms with van der Waals surface area (Å²) >= 11 is 2.81. The summed E-state index contributed by atoms with van der Waals surface area (Å²) in [5.41, 5.74) is 19.3. The van der Waals surface area contributed by atoms with Crippen LogP contribution in [0.5, 0.6) is 0 Å². The lowest BCUT2D eigenvalue weighted by Gasteiger charge is -2.48. The van der Waals surface area contributed by atoms with Crippen LogP contribution in [-0.4, -0.2) is 49.8 Å². The molecule has 3 heterocycles. The number of hydrogen-bond acceptors (Lipinski definition) is 8. The molecule has 1 amide bonds. The van der Waals surface area contributed by atoms with Gasteiger partial charge in [-0.25, -0.2) is 9.36 Å². The van der Waals surface area contributed by atoms with Crippen LogP contribution in [0.4, 0.5) is 11.6 Å². The summed E-state index contributed by atoms with van der Waals surface area (Å²) in [4.78, 5) is 29.3. The van der Waals surface area contributed by atoms with Crippen molar-refractivity contribution in [3.05, 3.63) is 16.8 Å². The zero-order valence-electron chi connectivity index (χ0n) is 14.4. The van der Waals surface area contributed by atoms with Gasteiger partial charge in [-0.3, -0.25) is 9.69 Å². The number of carboxylic acid groups (broad SMARTS) is 1. The molecule has 9 nitrogen and oxygen atoms in total. The Kier molecular flexibility index (Phi) is 5.04. The first-order valence-electron chi connectivity index (χ1n) is 8.00. The molecule has 0 saturated carbocycles. The Balaban J connectivity index is 1.87. The molecule has 0 bridgehead atoms. The number of carbonyl (C=O) groups is 2. The molecular weight excluding hydrogens is 376 g/mol. The third-order valence-corrected chi connectivity index (χ3v) is 6.98. The van der Waals surface area contributed by atoms with Gasteiger partial charge >= 0.3 is 11.1 Å². The van der Waals surface area contributed by atoms with Gasteiger partial charge in [0, 0.05) is 11.5 Å². The zero-order valence-corrected chi connectivity index (χ0v) is 16.1. The van der Waals surface area contributed by atoms with Gasteiger partial charge in [0.25, 0.3) is 0 Å². The molecule has 11 heteroatoms. The van der Waals surface area contributed by atoms with E-state index in [2.05, 4.69) is 4.98 Å². The van der Waals surface area contributed by atoms with Crippen molar-refractivity contribution in [1.29, 1.82) is 0 Å². The van der Waals surface area contributed by atoms with Gasteiger partial charge in [-0.05, 0) is 23.8 Å². The van der Waals surface area contributed by atoms with Crippen LogP contribution < -0.4 is 21.8 Å². The van der Waals surface area contributed by atoms with E-state index >= 15 is 0 Å². The first-order chi connectivity index (χ1) is 12.3. The summed E-state index contributed by atoms with van der Waals surface area (Å²) in [5, 5.41) is 9.86. The number of carbonyl (C=O) groups excluding carboxylic acids is 1. The van der Waals surface area contributed by atoms with Crippen LogP contribution in [0, 0.1) is 0 Å². The maximum atomic E-state index is 12.0. The highest BCUT2D eigenvalue weighted by Gasteiger charge is 2.51. The van der Waals surface area contributed by atoms with Crippen molar-refractivity contribution in [3.63, 3.8) is 0 Å². The number of amides is 1. The SMILES string of the molecule is CCc1c(N)nc(SCC2=C(C(=O)O)N3C(=O)C(N)[C@H]3SC2)[n+](C)c1N. The van der Waals surface area contributed by atoms with E-state index in [1.165, 1.54) is 28.4 Å². The Labute approximate surface area is 159 Å². The van der Waals surface area contributed by atoms with E-state index < -0.39 is 12.0 Å². The molecule has 0 spiro atoms. The van der Waals surface area contributed by atoms with Crippen LogP contribution in [0.15, 0.2) is 16.4 Å².